The summed E-state index contributed by atoms with van der Waals surface area (Å²) in [6.45, 7) is 8.98. The van der Waals surface area contributed by atoms with Crippen LogP contribution in [0.3, 0.4) is 0 Å². The SMILES string of the molecule is CC(C)(C)NC(=O)CCNc1ccc(N2CCCC2)cc1. The Hall–Kier alpha value is -1.71. The van der Waals surface area contributed by atoms with Gasteiger partial charge in [-0.3, -0.25) is 4.79 Å². The molecule has 0 spiro atoms. The molecule has 1 saturated heterocycles. The molecule has 1 aromatic carbocycles. The monoisotopic (exact) mass is 289 g/mol. The molecule has 4 heteroatoms. The molecular formula is C17H27N3O. The number of anilines is 2. The quantitative estimate of drug-likeness (QED) is 0.876. The van der Waals surface area contributed by atoms with E-state index in [0.717, 1.165) is 5.69 Å². The minimum atomic E-state index is -0.158. The van der Waals surface area contributed by atoms with Crippen molar-refractivity contribution in [2.24, 2.45) is 0 Å². The van der Waals surface area contributed by atoms with Gasteiger partial charge in [0.1, 0.15) is 0 Å². The van der Waals surface area contributed by atoms with Crippen LogP contribution in [-0.2, 0) is 4.79 Å². The molecule has 0 atom stereocenters. The summed E-state index contributed by atoms with van der Waals surface area (Å²) in [6, 6.07) is 8.50. The van der Waals surface area contributed by atoms with Crippen LogP contribution in [0.15, 0.2) is 24.3 Å². The lowest BCUT2D eigenvalue weighted by Crippen LogP contribution is -2.41. The van der Waals surface area contributed by atoms with E-state index in [9.17, 15) is 4.79 Å². The Bertz CT molecular complexity index is 456. The molecule has 1 fully saturated rings. The molecule has 2 N–H and O–H groups in total. The van der Waals surface area contributed by atoms with Crippen LogP contribution in [-0.4, -0.2) is 31.1 Å². The molecule has 1 aliphatic rings. The van der Waals surface area contributed by atoms with E-state index in [1.54, 1.807) is 0 Å². The van der Waals surface area contributed by atoms with Gasteiger partial charge in [0.05, 0.1) is 0 Å². The fraction of sp³-hybridized carbons (Fsp3) is 0.588. The standard InChI is InChI=1S/C17H27N3O/c1-17(2,3)19-16(21)10-11-18-14-6-8-15(9-7-14)20-12-4-5-13-20/h6-9,18H,4-5,10-13H2,1-3H3,(H,19,21). The van der Waals surface area contributed by atoms with Crippen LogP contribution < -0.4 is 15.5 Å². The van der Waals surface area contributed by atoms with Crippen LogP contribution in [0.2, 0.25) is 0 Å². The maximum absolute atomic E-state index is 11.7. The fourth-order valence-corrected chi connectivity index (χ4v) is 2.57. The van der Waals surface area contributed by atoms with Crippen molar-refractivity contribution in [2.75, 3.05) is 29.9 Å². The first-order valence-electron chi connectivity index (χ1n) is 7.84. The number of hydrogen-bond donors (Lipinski definition) is 2. The molecule has 1 heterocycles. The molecule has 0 saturated carbocycles. The lowest BCUT2D eigenvalue weighted by molar-refractivity contribution is -0.122. The maximum Gasteiger partial charge on any atom is 0.222 e. The summed E-state index contributed by atoms with van der Waals surface area (Å²) >= 11 is 0. The summed E-state index contributed by atoms with van der Waals surface area (Å²) in [4.78, 5) is 14.1. The van der Waals surface area contributed by atoms with Gasteiger partial charge in [0, 0.05) is 43.0 Å². The molecule has 1 amide bonds. The lowest BCUT2D eigenvalue weighted by Gasteiger charge is -2.20. The molecule has 0 bridgehead atoms. The van der Waals surface area contributed by atoms with Crippen LogP contribution >= 0.6 is 0 Å². The Balaban J connectivity index is 1.75. The molecule has 1 aliphatic heterocycles. The van der Waals surface area contributed by atoms with Gasteiger partial charge in [-0.1, -0.05) is 0 Å². The molecule has 1 aromatic rings. The highest BCUT2D eigenvalue weighted by molar-refractivity contribution is 5.77. The van der Waals surface area contributed by atoms with Crippen molar-refractivity contribution in [1.82, 2.24) is 5.32 Å². The highest BCUT2D eigenvalue weighted by atomic mass is 16.1. The third-order valence-corrected chi connectivity index (χ3v) is 3.53. The minimum absolute atomic E-state index is 0.0867. The molecule has 0 aromatic heterocycles. The van der Waals surface area contributed by atoms with Crippen molar-refractivity contribution in [3.05, 3.63) is 24.3 Å². The van der Waals surface area contributed by atoms with Crippen LogP contribution in [0.5, 0.6) is 0 Å². The van der Waals surface area contributed by atoms with Crippen molar-refractivity contribution in [3.63, 3.8) is 0 Å². The molecule has 0 unspecified atom stereocenters. The fourth-order valence-electron chi connectivity index (χ4n) is 2.57. The first-order valence-corrected chi connectivity index (χ1v) is 7.84. The average Bonchev–Trinajstić information content (AvgIpc) is 2.91. The van der Waals surface area contributed by atoms with E-state index in [-0.39, 0.29) is 11.4 Å². The third-order valence-electron chi connectivity index (χ3n) is 3.53. The summed E-state index contributed by atoms with van der Waals surface area (Å²) < 4.78 is 0. The molecular weight excluding hydrogens is 262 g/mol. The molecule has 2 rings (SSSR count). The number of nitrogens with one attached hydrogen (secondary N) is 2. The first kappa shape index (κ1) is 15.7. The summed E-state index contributed by atoms with van der Waals surface area (Å²) in [6.07, 6.45) is 3.08. The van der Waals surface area contributed by atoms with Gasteiger partial charge in [-0.25, -0.2) is 0 Å². The predicted octanol–water partition coefficient (Wildman–Crippen LogP) is 3.00. The topological polar surface area (TPSA) is 44.4 Å². The van der Waals surface area contributed by atoms with Gasteiger partial charge >= 0.3 is 0 Å². The summed E-state index contributed by atoms with van der Waals surface area (Å²) in [5.41, 5.74) is 2.21. The Morgan fingerprint density at radius 3 is 2.33 bits per heavy atom. The minimum Gasteiger partial charge on any atom is -0.385 e. The number of carbonyl (C=O) groups excluding carboxylic acids is 1. The van der Waals surface area contributed by atoms with E-state index in [4.69, 9.17) is 0 Å². The van der Waals surface area contributed by atoms with Gasteiger partial charge in [0.25, 0.3) is 0 Å². The van der Waals surface area contributed by atoms with Gasteiger partial charge in [-0.15, -0.1) is 0 Å². The van der Waals surface area contributed by atoms with Crippen molar-refractivity contribution in [2.45, 2.75) is 45.6 Å². The zero-order valence-electron chi connectivity index (χ0n) is 13.4. The van der Waals surface area contributed by atoms with E-state index < -0.39 is 0 Å². The largest absolute Gasteiger partial charge is 0.385 e. The molecule has 4 nitrogen and oxygen atoms in total. The van der Waals surface area contributed by atoms with E-state index in [1.807, 2.05) is 20.8 Å². The number of benzene rings is 1. The van der Waals surface area contributed by atoms with Crippen LogP contribution in [0.25, 0.3) is 0 Å². The zero-order chi connectivity index (χ0) is 15.3. The highest BCUT2D eigenvalue weighted by Crippen LogP contribution is 2.21. The second-order valence-electron chi connectivity index (χ2n) is 6.72. The molecule has 0 radical (unpaired) electrons. The number of rotatable bonds is 5. The molecule has 0 aliphatic carbocycles. The van der Waals surface area contributed by atoms with Crippen LogP contribution in [0, 0.1) is 0 Å². The van der Waals surface area contributed by atoms with Gasteiger partial charge in [-0.05, 0) is 57.9 Å². The van der Waals surface area contributed by atoms with Gasteiger partial charge in [-0.2, -0.15) is 0 Å². The number of hydrogen-bond acceptors (Lipinski definition) is 3. The third kappa shape index (κ3) is 5.29. The van der Waals surface area contributed by atoms with E-state index in [0.29, 0.717) is 13.0 Å². The smallest absolute Gasteiger partial charge is 0.222 e. The first-order chi connectivity index (χ1) is 9.94. The Morgan fingerprint density at radius 2 is 1.76 bits per heavy atom. The van der Waals surface area contributed by atoms with Crippen molar-refractivity contribution >= 4 is 17.3 Å². The van der Waals surface area contributed by atoms with Crippen molar-refractivity contribution in [1.29, 1.82) is 0 Å². The number of amides is 1. The van der Waals surface area contributed by atoms with Gasteiger partial charge < -0.3 is 15.5 Å². The summed E-state index contributed by atoms with van der Waals surface area (Å²) in [5.74, 6) is 0.0867. The van der Waals surface area contributed by atoms with Gasteiger partial charge in [0.15, 0.2) is 0 Å². The summed E-state index contributed by atoms with van der Waals surface area (Å²) in [7, 11) is 0. The van der Waals surface area contributed by atoms with E-state index >= 15 is 0 Å². The Kier molecular flexibility index (Phi) is 5.10. The zero-order valence-corrected chi connectivity index (χ0v) is 13.4. The van der Waals surface area contributed by atoms with E-state index in [2.05, 4.69) is 39.8 Å². The second-order valence-corrected chi connectivity index (χ2v) is 6.72. The van der Waals surface area contributed by atoms with Gasteiger partial charge in [0.2, 0.25) is 5.91 Å². The Labute approximate surface area is 127 Å². The Morgan fingerprint density at radius 1 is 1.14 bits per heavy atom. The summed E-state index contributed by atoms with van der Waals surface area (Å²) in [5, 5.41) is 6.27. The lowest BCUT2D eigenvalue weighted by atomic mass is 10.1. The predicted molar refractivity (Wildman–Crippen MR) is 88.9 cm³/mol. The normalized spacial score (nSPS) is 15.1. The van der Waals surface area contributed by atoms with Crippen LogP contribution in [0.1, 0.15) is 40.0 Å². The number of carbonyl (C=O) groups is 1. The van der Waals surface area contributed by atoms with Crippen LogP contribution in [0.4, 0.5) is 11.4 Å². The average molecular weight is 289 g/mol. The maximum atomic E-state index is 11.7. The van der Waals surface area contributed by atoms with E-state index in [1.165, 1.54) is 31.6 Å². The second kappa shape index (κ2) is 6.83. The van der Waals surface area contributed by atoms with Crippen molar-refractivity contribution in [3.8, 4) is 0 Å². The molecule has 116 valence electrons. The highest BCUT2D eigenvalue weighted by Gasteiger charge is 2.13. The van der Waals surface area contributed by atoms with Crippen molar-refractivity contribution < 1.29 is 4.79 Å². The number of nitrogens with zero attached hydrogens (tertiary/aromatic N) is 1. The molecule has 21 heavy (non-hydrogen) atoms.